The van der Waals surface area contributed by atoms with Crippen molar-refractivity contribution in [1.82, 2.24) is 34.0 Å². The fourth-order valence-electron chi connectivity index (χ4n) is 3.82. The van der Waals surface area contributed by atoms with Crippen LogP contribution in [0.4, 0.5) is 0 Å². The molecule has 29 heavy (non-hydrogen) atoms. The molecule has 5 heterocycles. The smallest absolute Gasteiger partial charge is 0.275 e. The summed E-state index contributed by atoms with van der Waals surface area (Å²) in [6.07, 6.45) is 9.44. The molecule has 1 aliphatic heterocycles. The SMILES string of the molecule is Cn1ccc(C(=O)N2Cc3cn(Cc4cccnc4)nc3-c3ccn(C)c3C2)n1. The summed E-state index contributed by atoms with van der Waals surface area (Å²) < 4.78 is 5.63. The molecular formula is C21H21N7O. The Balaban J connectivity index is 1.54. The van der Waals surface area contributed by atoms with Gasteiger partial charge in [-0.3, -0.25) is 19.1 Å². The first kappa shape index (κ1) is 17.4. The van der Waals surface area contributed by atoms with Crippen LogP contribution in [-0.2, 0) is 33.7 Å². The van der Waals surface area contributed by atoms with Crippen molar-refractivity contribution in [2.24, 2.45) is 14.1 Å². The van der Waals surface area contributed by atoms with Gasteiger partial charge in [-0.15, -0.1) is 0 Å². The Morgan fingerprint density at radius 1 is 1.10 bits per heavy atom. The van der Waals surface area contributed by atoms with Crippen LogP contribution in [0.2, 0.25) is 0 Å². The first-order chi connectivity index (χ1) is 14.1. The molecule has 1 amide bonds. The van der Waals surface area contributed by atoms with Crippen LogP contribution in [0.1, 0.15) is 27.3 Å². The van der Waals surface area contributed by atoms with Gasteiger partial charge in [-0.05, 0) is 23.8 Å². The van der Waals surface area contributed by atoms with Crippen molar-refractivity contribution in [3.63, 3.8) is 0 Å². The molecule has 0 fully saturated rings. The fourth-order valence-corrected chi connectivity index (χ4v) is 3.82. The Bertz CT molecular complexity index is 1190. The molecule has 1 aliphatic rings. The van der Waals surface area contributed by atoms with Gasteiger partial charge in [-0.25, -0.2) is 0 Å². The van der Waals surface area contributed by atoms with Crippen LogP contribution < -0.4 is 0 Å². The first-order valence-corrected chi connectivity index (χ1v) is 9.47. The lowest BCUT2D eigenvalue weighted by molar-refractivity contribution is 0.0722. The molecule has 0 atom stereocenters. The molecule has 4 aromatic heterocycles. The lowest BCUT2D eigenvalue weighted by Gasteiger charge is -2.20. The average molecular weight is 387 g/mol. The van der Waals surface area contributed by atoms with Gasteiger partial charge in [0.05, 0.1) is 25.3 Å². The summed E-state index contributed by atoms with van der Waals surface area (Å²) in [4.78, 5) is 19.1. The van der Waals surface area contributed by atoms with Gasteiger partial charge in [-0.2, -0.15) is 10.2 Å². The van der Waals surface area contributed by atoms with Crippen molar-refractivity contribution in [1.29, 1.82) is 0 Å². The highest BCUT2D eigenvalue weighted by Gasteiger charge is 2.28. The number of pyridine rings is 1. The zero-order valence-electron chi connectivity index (χ0n) is 16.4. The summed E-state index contributed by atoms with van der Waals surface area (Å²) in [5.41, 5.74) is 5.64. The number of amides is 1. The summed E-state index contributed by atoms with van der Waals surface area (Å²) in [6.45, 7) is 1.65. The van der Waals surface area contributed by atoms with Gasteiger partial charge in [0.1, 0.15) is 5.69 Å². The van der Waals surface area contributed by atoms with Crippen LogP contribution in [0.5, 0.6) is 0 Å². The normalized spacial score (nSPS) is 13.1. The molecule has 0 radical (unpaired) electrons. The van der Waals surface area contributed by atoms with Gasteiger partial charge in [-0.1, -0.05) is 6.07 Å². The number of rotatable bonds is 3. The van der Waals surface area contributed by atoms with E-state index < -0.39 is 0 Å². The Morgan fingerprint density at radius 3 is 2.76 bits per heavy atom. The molecule has 5 rings (SSSR count). The second-order valence-electron chi connectivity index (χ2n) is 7.38. The van der Waals surface area contributed by atoms with Crippen molar-refractivity contribution < 1.29 is 4.79 Å². The maximum absolute atomic E-state index is 13.1. The van der Waals surface area contributed by atoms with Crippen molar-refractivity contribution >= 4 is 5.91 Å². The Hall–Kier alpha value is -3.68. The van der Waals surface area contributed by atoms with Gasteiger partial charge in [0.2, 0.25) is 0 Å². The van der Waals surface area contributed by atoms with E-state index in [0.29, 0.717) is 25.3 Å². The van der Waals surface area contributed by atoms with E-state index in [0.717, 1.165) is 28.1 Å². The van der Waals surface area contributed by atoms with Crippen LogP contribution in [0.15, 0.2) is 55.2 Å². The number of aromatic nitrogens is 6. The number of hydrogen-bond donors (Lipinski definition) is 0. The molecule has 0 bridgehead atoms. The Kier molecular flexibility index (Phi) is 4.04. The van der Waals surface area contributed by atoms with E-state index in [1.807, 2.05) is 54.4 Å². The zero-order valence-corrected chi connectivity index (χ0v) is 16.4. The van der Waals surface area contributed by atoms with E-state index in [-0.39, 0.29) is 5.91 Å². The van der Waals surface area contributed by atoms with Crippen LogP contribution >= 0.6 is 0 Å². The first-order valence-electron chi connectivity index (χ1n) is 9.47. The highest BCUT2D eigenvalue weighted by atomic mass is 16.2. The minimum Gasteiger partial charge on any atom is -0.352 e. The van der Waals surface area contributed by atoms with Crippen molar-refractivity contribution in [3.05, 3.63) is 77.8 Å². The summed E-state index contributed by atoms with van der Waals surface area (Å²) in [5, 5.41) is 9.14. The van der Waals surface area contributed by atoms with Crippen LogP contribution in [-0.4, -0.2) is 39.9 Å². The summed E-state index contributed by atoms with van der Waals surface area (Å²) in [6, 6.07) is 7.78. The third kappa shape index (κ3) is 3.12. The lowest BCUT2D eigenvalue weighted by atomic mass is 10.1. The second-order valence-corrected chi connectivity index (χ2v) is 7.38. The minimum atomic E-state index is -0.0781. The lowest BCUT2D eigenvalue weighted by Crippen LogP contribution is -2.30. The fraction of sp³-hybridized carbons (Fsp3) is 0.238. The third-order valence-electron chi connectivity index (χ3n) is 5.28. The van der Waals surface area contributed by atoms with Crippen LogP contribution in [0, 0.1) is 0 Å². The van der Waals surface area contributed by atoms with Crippen LogP contribution in [0.25, 0.3) is 11.3 Å². The zero-order chi connectivity index (χ0) is 20.0. The molecule has 0 N–H and O–H groups in total. The van der Waals surface area contributed by atoms with Gasteiger partial charge >= 0.3 is 0 Å². The maximum Gasteiger partial charge on any atom is 0.275 e. The quantitative estimate of drug-likeness (QED) is 0.540. The highest BCUT2D eigenvalue weighted by molar-refractivity contribution is 5.92. The molecule has 0 aromatic carbocycles. The average Bonchev–Trinajstić information content (AvgIpc) is 3.39. The highest BCUT2D eigenvalue weighted by Crippen LogP contribution is 2.32. The predicted octanol–water partition coefficient (Wildman–Crippen LogP) is 2.22. The number of carbonyl (C=O) groups excluding carboxylic acids is 1. The Labute approximate surface area is 168 Å². The molecule has 4 aromatic rings. The molecule has 0 spiro atoms. The van der Waals surface area contributed by atoms with Gasteiger partial charge in [0, 0.05) is 61.9 Å². The molecular weight excluding hydrogens is 366 g/mol. The number of carbonyl (C=O) groups is 1. The van der Waals surface area contributed by atoms with E-state index in [9.17, 15) is 4.79 Å². The predicted molar refractivity (Wildman–Crippen MR) is 107 cm³/mol. The second kappa shape index (κ2) is 6.73. The van der Waals surface area contributed by atoms with E-state index in [2.05, 4.69) is 20.7 Å². The number of fused-ring (bicyclic) bond motifs is 3. The maximum atomic E-state index is 13.1. The van der Waals surface area contributed by atoms with Crippen LogP contribution in [0.3, 0.4) is 0 Å². The number of nitrogens with zero attached hydrogens (tertiary/aromatic N) is 7. The van der Waals surface area contributed by atoms with Gasteiger partial charge in [0.15, 0.2) is 0 Å². The van der Waals surface area contributed by atoms with Crippen molar-refractivity contribution in [3.8, 4) is 11.3 Å². The van der Waals surface area contributed by atoms with E-state index in [1.165, 1.54) is 0 Å². The summed E-state index contributed by atoms with van der Waals surface area (Å²) in [7, 11) is 3.81. The molecule has 0 saturated carbocycles. The molecule has 8 heteroatoms. The van der Waals surface area contributed by atoms with Crippen molar-refractivity contribution in [2.75, 3.05) is 0 Å². The van der Waals surface area contributed by atoms with E-state index in [4.69, 9.17) is 5.10 Å². The van der Waals surface area contributed by atoms with Crippen molar-refractivity contribution in [2.45, 2.75) is 19.6 Å². The molecule has 0 saturated heterocycles. The molecule has 0 unspecified atom stereocenters. The number of hydrogen-bond acceptors (Lipinski definition) is 4. The molecule has 0 aliphatic carbocycles. The standard InChI is InChI=1S/C21H21N7O/c1-25-8-5-17-19(25)14-27(21(29)18-6-9-26(2)23-18)12-16-13-28(24-20(16)17)11-15-4-3-7-22-10-15/h3-10,13H,11-12,14H2,1-2H3. The summed E-state index contributed by atoms with van der Waals surface area (Å²) in [5.74, 6) is -0.0781. The number of aryl methyl sites for hydroxylation is 2. The largest absolute Gasteiger partial charge is 0.352 e. The van der Waals surface area contributed by atoms with E-state index in [1.54, 1.807) is 23.1 Å². The minimum absolute atomic E-state index is 0.0781. The van der Waals surface area contributed by atoms with Gasteiger partial charge in [0.25, 0.3) is 5.91 Å². The third-order valence-corrected chi connectivity index (χ3v) is 5.28. The summed E-state index contributed by atoms with van der Waals surface area (Å²) >= 11 is 0. The van der Waals surface area contributed by atoms with Gasteiger partial charge < -0.3 is 9.47 Å². The van der Waals surface area contributed by atoms with E-state index >= 15 is 0 Å². The molecule has 146 valence electrons. The molecule has 8 nitrogen and oxygen atoms in total. The Morgan fingerprint density at radius 2 is 2.00 bits per heavy atom. The monoisotopic (exact) mass is 387 g/mol. The topological polar surface area (TPSA) is 73.8 Å².